The number of rotatable bonds is 5. The monoisotopic (exact) mass is 300 g/mol. The number of piperidine rings is 1. The molecule has 21 heavy (non-hydrogen) atoms. The van der Waals surface area contributed by atoms with Crippen LogP contribution >= 0.6 is 0 Å². The van der Waals surface area contributed by atoms with E-state index in [4.69, 9.17) is 14.6 Å². The molecule has 2 heterocycles. The van der Waals surface area contributed by atoms with Crippen LogP contribution in [0.2, 0.25) is 0 Å². The summed E-state index contributed by atoms with van der Waals surface area (Å²) in [7, 11) is 1.68. The molecule has 0 aromatic carbocycles. The molecule has 2 aliphatic heterocycles. The van der Waals surface area contributed by atoms with E-state index < -0.39 is 5.97 Å². The number of amides is 2. The largest absolute Gasteiger partial charge is 0.481 e. The van der Waals surface area contributed by atoms with E-state index in [0.717, 1.165) is 25.8 Å². The molecule has 2 amide bonds. The van der Waals surface area contributed by atoms with Crippen molar-refractivity contribution >= 4 is 12.0 Å². The fourth-order valence-electron chi connectivity index (χ4n) is 2.82. The number of aliphatic carboxylic acids is 1. The zero-order chi connectivity index (χ0) is 15.2. The van der Waals surface area contributed by atoms with Crippen LogP contribution in [0, 0.1) is 0 Å². The van der Waals surface area contributed by atoms with Crippen molar-refractivity contribution in [1.29, 1.82) is 0 Å². The normalized spacial score (nSPS) is 23.6. The minimum Gasteiger partial charge on any atom is -0.481 e. The molecule has 0 bridgehead atoms. The fourth-order valence-corrected chi connectivity index (χ4v) is 2.82. The third-order valence-corrected chi connectivity index (χ3v) is 4.13. The molecule has 7 nitrogen and oxygen atoms in total. The van der Waals surface area contributed by atoms with Crippen LogP contribution < -0.4 is 0 Å². The molecule has 1 atom stereocenters. The maximum atomic E-state index is 12.3. The smallest absolute Gasteiger partial charge is 0.320 e. The highest BCUT2D eigenvalue weighted by Crippen LogP contribution is 2.19. The summed E-state index contributed by atoms with van der Waals surface area (Å²) in [5.41, 5.74) is 0. The average molecular weight is 300 g/mol. The molecule has 0 spiro atoms. The maximum Gasteiger partial charge on any atom is 0.320 e. The predicted molar refractivity (Wildman–Crippen MR) is 75.2 cm³/mol. The molecule has 0 aromatic rings. The third kappa shape index (κ3) is 4.57. The van der Waals surface area contributed by atoms with Crippen molar-refractivity contribution < 1.29 is 24.2 Å². The van der Waals surface area contributed by atoms with Crippen molar-refractivity contribution in [1.82, 2.24) is 9.80 Å². The molecular weight excluding hydrogens is 276 g/mol. The van der Waals surface area contributed by atoms with Crippen molar-refractivity contribution in [3.8, 4) is 0 Å². The minimum atomic E-state index is -0.843. The molecule has 0 saturated carbocycles. The molecule has 0 aliphatic carbocycles. The lowest BCUT2D eigenvalue weighted by atomic mass is 10.1. The molecule has 1 N–H and O–H groups in total. The van der Waals surface area contributed by atoms with E-state index in [1.807, 2.05) is 9.80 Å². The Kier molecular flexibility index (Phi) is 5.81. The molecular formula is C14H24N2O5. The topological polar surface area (TPSA) is 79.3 Å². The van der Waals surface area contributed by atoms with E-state index in [9.17, 15) is 9.59 Å². The molecule has 120 valence electrons. The lowest BCUT2D eigenvalue weighted by Crippen LogP contribution is -2.47. The molecule has 2 aliphatic rings. The Morgan fingerprint density at radius 3 is 2.29 bits per heavy atom. The predicted octanol–water partition coefficient (Wildman–Crippen LogP) is 0.783. The Hall–Kier alpha value is -1.34. The number of likely N-dealkylation sites (tertiary alicyclic amines) is 2. The van der Waals surface area contributed by atoms with Gasteiger partial charge in [0.05, 0.1) is 25.2 Å². The van der Waals surface area contributed by atoms with Crippen LogP contribution in [-0.4, -0.2) is 79.0 Å². The lowest BCUT2D eigenvalue weighted by Gasteiger charge is -2.34. The van der Waals surface area contributed by atoms with Crippen LogP contribution in [0.15, 0.2) is 0 Å². The Morgan fingerprint density at radius 1 is 1.10 bits per heavy atom. The van der Waals surface area contributed by atoms with Gasteiger partial charge in [-0.05, 0) is 19.3 Å². The van der Waals surface area contributed by atoms with E-state index in [0.29, 0.717) is 19.6 Å². The van der Waals surface area contributed by atoms with Crippen LogP contribution in [0.25, 0.3) is 0 Å². The zero-order valence-corrected chi connectivity index (χ0v) is 12.5. The minimum absolute atomic E-state index is 0.0331. The molecule has 2 saturated heterocycles. The number of hydrogen-bond acceptors (Lipinski definition) is 4. The highest BCUT2D eigenvalue weighted by Gasteiger charge is 2.31. The summed E-state index contributed by atoms with van der Waals surface area (Å²) in [6.45, 7) is 3.02. The number of carbonyl (C=O) groups excluding carboxylic acids is 1. The van der Waals surface area contributed by atoms with E-state index >= 15 is 0 Å². The number of nitrogens with zero attached hydrogens (tertiary/aromatic N) is 2. The average Bonchev–Trinajstić information content (AvgIpc) is 2.96. The van der Waals surface area contributed by atoms with Crippen molar-refractivity contribution in [3.63, 3.8) is 0 Å². The van der Waals surface area contributed by atoms with Crippen molar-refractivity contribution in [2.75, 3.05) is 39.9 Å². The summed E-state index contributed by atoms with van der Waals surface area (Å²) in [4.78, 5) is 26.5. The first kappa shape index (κ1) is 16.0. The number of methoxy groups -OCH3 is 1. The number of hydrogen-bond donors (Lipinski definition) is 1. The maximum absolute atomic E-state index is 12.3. The van der Waals surface area contributed by atoms with Gasteiger partial charge in [0.2, 0.25) is 0 Å². The van der Waals surface area contributed by atoms with Crippen LogP contribution in [0.3, 0.4) is 0 Å². The summed E-state index contributed by atoms with van der Waals surface area (Å²) in [5.74, 6) is -0.843. The Balaban J connectivity index is 1.68. The molecule has 7 heteroatoms. The highest BCUT2D eigenvalue weighted by molar-refractivity contribution is 5.75. The van der Waals surface area contributed by atoms with E-state index in [2.05, 4.69) is 0 Å². The number of ether oxygens (including phenoxy) is 2. The number of urea groups is 1. The van der Waals surface area contributed by atoms with Gasteiger partial charge in [-0.1, -0.05) is 0 Å². The highest BCUT2D eigenvalue weighted by atomic mass is 16.5. The molecule has 2 fully saturated rings. The van der Waals surface area contributed by atoms with Crippen molar-refractivity contribution in [3.05, 3.63) is 0 Å². The van der Waals surface area contributed by atoms with Gasteiger partial charge in [-0.2, -0.15) is 0 Å². The Labute approximate surface area is 124 Å². The van der Waals surface area contributed by atoms with Gasteiger partial charge in [0.15, 0.2) is 0 Å². The lowest BCUT2D eigenvalue weighted by molar-refractivity contribution is -0.138. The summed E-state index contributed by atoms with van der Waals surface area (Å²) >= 11 is 0. The number of carboxylic acid groups (broad SMARTS) is 1. The second-order valence-electron chi connectivity index (χ2n) is 5.58. The third-order valence-electron chi connectivity index (χ3n) is 4.13. The molecule has 2 rings (SSSR count). The first-order valence-electron chi connectivity index (χ1n) is 7.50. The van der Waals surface area contributed by atoms with Gasteiger partial charge in [0.25, 0.3) is 0 Å². The fraction of sp³-hybridized carbons (Fsp3) is 0.857. The van der Waals surface area contributed by atoms with Gasteiger partial charge >= 0.3 is 12.0 Å². The second-order valence-corrected chi connectivity index (χ2v) is 5.58. The van der Waals surface area contributed by atoms with Crippen molar-refractivity contribution in [2.45, 2.75) is 37.9 Å². The van der Waals surface area contributed by atoms with Crippen LogP contribution in [-0.2, 0) is 14.3 Å². The standard InChI is InChI=1S/C14H24N2O5/c1-20-12-4-8-16(10-12)14(19)15-6-2-11(3-7-15)21-9-5-13(17)18/h11-12H,2-10H2,1H3,(H,17,18). The summed E-state index contributed by atoms with van der Waals surface area (Å²) in [5, 5.41) is 8.57. The van der Waals surface area contributed by atoms with Crippen LogP contribution in [0.4, 0.5) is 4.79 Å². The summed E-state index contributed by atoms with van der Waals surface area (Å²) < 4.78 is 10.8. The van der Waals surface area contributed by atoms with Gasteiger partial charge < -0.3 is 24.4 Å². The number of carboxylic acids is 1. The number of carbonyl (C=O) groups is 2. The summed E-state index contributed by atoms with van der Waals surface area (Å²) in [6, 6.07) is 0.0820. The molecule has 0 aromatic heterocycles. The first-order valence-corrected chi connectivity index (χ1v) is 7.50. The first-order chi connectivity index (χ1) is 10.1. The SMILES string of the molecule is COC1CCN(C(=O)N2CCC(OCCC(=O)O)CC2)C1. The van der Waals surface area contributed by atoms with Gasteiger partial charge in [-0.3, -0.25) is 4.79 Å². The van der Waals surface area contributed by atoms with Crippen molar-refractivity contribution in [2.24, 2.45) is 0 Å². The molecule has 1 unspecified atom stereocenters. The quantitative estimate of drug-likeness (QED) is 0.812. The van der Waals surface area contributed by atoms with E-state index in [1.165, 1.54) is 0 Å². The Bertz CT molecular complexity index is 368. The van der Waals surface area contributed by atoms with Crippen LogP contribution in [0.1, 0.15) is 25.7 Å². The molecule has 0 radical (unpaired) electrons. The van der Waals surface area contributed by atoms with E-state index in [1.54, 1.807) is 7.11 Å². The van der Waals surface area contributed by atoms with Gasteiger partial charge in [0.1, 0.15) is 0 Å². The zero-order valence-electron chi connectivity index (χ0n) is 12.5. The van der Waals surface area contributed by atoms with Crippen LogP contribution in [0.5, 0.6) is 0 Å². The summed E-state index contributed by atoms with van der Waals surface area (Å²) in [6.07, 6.45) is 2.70. The van der Waals surface area contributed by atoms with Gasteiger partial charge in [-0.15, -0.1) is 0 Å². The second kappa shape index (κ2) is 7.61. The van der Waals surface area contributed by atoms with Gasteiger partial charge in [-0.25, -0.2) is 4.79 Å². The Morgan fingerprint density at radius 2 is 1.71 bits per heavy atom. The van der Waals surface area contributed by atoms with Gasteiger partial charge in [0, 0.05) is 33.3 Å². The van der Waals surface area contributed by atoms with E-state index in [-0.39, 0.29) is 31.3 Å².